The number of aliphatic hydroxyl groups excluding tert-OH is 2. The van der Waals surface area contributed by atoms with Crippen molar-refractivity contribution in [2.45, 2.75) is 31.5 Å². The predicted molar refractivity (Wildman–Crippen MR) is 125 cm³/mol. The van der Waals surface area contributed by atoms with Gasteiger partial charge >= 0.3 is 6.09 Å². The summed E-state index contributed by atoms with van der Waals surface area (Å²) in [5, 5.41) is 23.4. The molecule has 33 heavy (non-hydrogen) atoms. The molecule has 1 amide bonds. The van der Waals surface area contributed by atoms with Crippen molar-refractivity contribution in [1.82, 2.24) is 5.32 Å². The lowest BCUT2D eigenvalue weighted by Gasteiger charge is -2.20. The summed E-state index contributed by atoms with van der Waals surface area (Å²) >= 11 is 0. The van der Waals surface area contributed by atoms with Crippen molar-refractivity contribution in [3.63, 3.8) is 0 Å². The van der Waals surface area contributed by atoms with Gasteiger partial charge in [-0.15, -0.1) is 0 Å². The average molecular weight is 446 g/mol. The Bertz CT molecular complexity index is 1110. The lowest BCUT2D eigenvalue weighted by Crippen LogP contribution is -2.31. The normalized spacial score (nSPS) is 14.2. The zero-order valence-corrected chi connectivity index (χ0v) is 18.4. The molecule has 0 aliphatic heterocycles. The summed E-state index contributed by atoms with van der Waals surface area (Å²) < 4.78 is 5.48. The first-order chi connectivity index (χ1) is 16.0. The maximum atomic E-state index is 12.3. The van der Waals surface area contributed by atoms with Crippen molar-refractivity contribution >= 4 is 12.4 Å². The fourth-order valence-electron chi connectivity index (χ4n) is 4.40. The fraction of sp³-hybridized carbons (Fsp3) is 0.259. The molecule has 0 spiro atoms. The van der Waals surface area contributed by atoms with Gasteiger partial charge in [0.25, 0.3) is 0 Å². The number of nitrogens with one attached hydrogen (secondary N) is 1. The molecule has 170 valence electrons. The van der Waals surface area contributed by atoms with Gasteiger partial charge in [0.1, 0.15) is 19.0 Å². The van der Waals surface area contributed by atoms with E-state index >= 15 is 0 Å². The third-order valence-corrected chi connectivity index (χ3v) is 6.11. The summed E-state index contributed by atoms with van der Waals surface area (Å²) in [4.78, 5) is 23.5. The standard InChI is InChI=1S/C27H27NO5/c1-17-10-11-19(18(14-17)15-29)26(31)25(30)12-13-28-27(32)33-16-24-22-8-4-2-6-20(22)21-7-3-5-9-23(21)24/h2-11,14-15,24-26,30-31H,12-13,16H2,1H3,(H,28,32). The van der Waals surface area contributed by atoms with Crippen LogP contribution in [0.4, 0.5) is 4.79 Å². The predicted octanol–water partition coefficient (Wildman–Crippen LogP) is 4.13. The molecule has 4 rings (SSSR count). The highest BCUT2D eigenvalue weighted by Gasteiger charge is 2.29. The molecule has 0 heterocycles. The molecular formula is C27H27NO5. The van der Waals surface area contributed by atoms with Crippen LogP contribution in [0.15, 0.2) is 66.7 Å². The van der Waals surface area contributed by atoms with Crippen molar-refractivity contribution < 1.29 is 24.5 Å². The number of amides is 1. The van der Waals surface area contributed by atoms with Crippen molar-refractivity contribution in [3.05, 3.63) is 94.5 Å². The lowest BCUT2D eigenvalue weighted by molar-refractivity contribution is 0.0133. The number of alkyl carbamates (subject to hydrolysis) is 1. The van der Waals surface area contributed by atoms with Crippen LogP contribution in [0, 0.1) is 6.92 Å². The first kappa shape index (κ1) is 22.7. The van der Waals surface area contributed by atoms with E-state index in [0.29, 0.717) is 17.4 Å². The van der Waals surface area contributed by atoms with E-state index < -0.39 is 18.3 Å². The summed E-state index contributed by atoms with van der Waals surface area (Å²) in [5.41, 5.74) is 6.17. The minimum atomic E-state index is -1.23. The molecule has 6 nitrogen and oxygen atoms in total. The first-order valence-corrected chi connectivity index (χ1v) is 11.0. The Labute approximate surface area is 192 Å². The van der Waals surface area contributed by atoms with Gasteiger partial charge in [0.05, 0.1) is 6.10 Å². The van der Waals surface area contributed by atoms with Crippen LogP contribution in [0.2, 0.25) is 0 Å². The second-order valence-electron chi connectivity index (χ2n) is 8.30. The third kappa shape index (κ3) is 4.82. The number of hydrogen-bond donors (Lipinski definition) is 3. The van der Waals surface area contributed by atoms with Gasteiger partial charge in [-0.05, 0) is 47.2 Å². The van der Waals surface area contributed by atoms with Crippen molar-refractivity contribution in [1.29, 1.82) is 0 Å². The second kappa shape index (κ2) is 9.98. The summed E-state index contributed by atoms with van der Waals surface area (Å²) in [7, 11) is 0. The number of rotatable bonds is 8. The minimum Gasteiger partial charge on any atom is -0.449 e. The van der Waals surface area contributed by atoms with Gasteiger partial charge in [-0.3, -0.25) is 4.79 Å². The fourth-order valence-corrected chi connectivity index (χ4v) is 4.40. The number of hydrogen-bond acceptors (Lipinski definition) is 5. The van der Waals surface area contributed by atoms with E-state index in [2.05, 4.69) is 29.6 Å². The van der Waals surface area contributed by atoms with E-state index in [4.69, 9.17) is 4.74 Å². The molecule has 0 saturated heterocycles. The number of aryl methyl sites for hydroxylation is 1. The molecule has 0 bridgehead atoms. The topological polar surface area (TPSA) is 95.9 Å². The van der Waals surface area contributed by atoms with E-state index in [0.717, 1.165) is 27.8 Å². The largest absolute Gasteiger partial charge is 0.449 e. The number of carbonyl (C=O) groups is 2. The van der Waals surface area contributed by atoms with Crippen molar-refractivity contribution in [3.8, 4) is 11.1 Å². The Morgan fingerprint density at radius 1 is 1.03 bits per heavy atom. The van der Waals surface area contributed by atoms with E-state index in [1.165, 1.54) is 0 Å². The molecule has 3 aromatic carbocycles. The highest BCUT2D eigenvalue weighted by Crippen LogP contribution is 2.44. The van der Waals surface area contributed by atoms with Crippen LogP contribution in [-0.2, 0) is 4.74 Å². The van der Waals surface area contributed by atoms with Crippen molar-refractivity contribution in [2.75, 3.05) is 13.2 Å². The molecular weight excluding hydrogens is 418 g/mol. The zero-order chi connectivity index (χ0) is 23.4. The third-order valence-electron chi connectivity index (χ3n) is 6.11. The quantitative estimate of drug-likeness (QED) is 0.453. The number of aliphatic hydroxyl groups is 2. The van der Waals surface area contributed by atoms with Gasteiger partial charge < -0.3 is 20.3 Å². The molecule has 3 N–H and O–H groups in total. The van der Waals surface area contributed by atoms with Crippen molar-refractivity contribution in [2.24, 2.45) is 0 Å². The molecule has 3 aromatic rings. The van der Waals surface area contributed by atoms with Crippen LogP contribution in [0.25, 0.3) is 11.1 Å². The Hall–Kier alpha value is -3.48. The van der Waals surface area contributed by atoms with Gasteiger partial charge in [0.15, 0.2) is 0 Å². The zero-order valence-electron chi connectivity index (χ0n) is 18.4. The number of benzene rings is 3. The van der Waals surface area contributed by atoms with Crippen LogP contribution in [0.3, 0.4) is 0 Å². The highest BCUT2D eigenvalue weighted by atomic mass is 16.5. The molecule has 0 radical (unpaired) electrons. The Kier molecular flexibility index (Phi) is 6.87. The van der Waals surface area contributed by atoms with E-state index in [1.807, 2.05) is 31.2 Å². The van der Waals surface area contributed by atoms with E-state index in [1.54, 1.807) is 18.2 Å². The van der Waals surface area contributed by atoms with Gasteiger partial charge in [0, 0.05) is 18.0 Å². The molecule has 0 saturated carbocycles. The first-order valence-electron chi connectivity index (χ1n) is 11.0. The van der Waals surface area contributed by atoms with Crippen LogP contribution >= 0.6 is 0 Å². The number of ether oxygens (including phenoxy) is 1. The number of aldehydes is 1. The Balaban J connectivity index is 1.30. The number of carbonyl (C=O) groups excluding carboxylic acids is 2. The minimum absolute atomic E-state index is 0.0288. The van der Waals surface area contributed by atoms with Crippen LogP contribution in [0.1, 0.15) is 51.1 Å². The molecule has 0 fully saturated rings. The summed E-state index contributed by atoms with van der Waals surface area (Å²) in [5.74, 6) is -0.0288. The molecule has 2 atom stereocenters. The van der Waals surface area contributed by atoms with E-state index in [9.17, 15) is 19.8 Å². The SMILES string of the molecule is Cc1ccc(C(O)C(O)CCNC(=O)OCC2c3ccccc3-c3ccccc32)c(C=O)c1. The molecule has 0 aromatic heterocycles. The van der Waals surface area contributed by atoms with Gasteiger partial charge in [-0.2, -0.15) is 0 Å². The van der Waals surface area contributed by atoms with Crippen LogP contribution in [0.5, 0.6) is 0 Å². The van der Waals surface area contributed by atoms with Gasteiger partial charge in [-0.1, -0.05) is 66.2 Å². The average Bonchev–Trinajstić information content (AvgIpc) is 3.16. The maximum Gasteiger partial charge on any atom is 0.407 e. The maximum absolute atomic E-state index is 12.3. The van der Waals surface area contributed by atoms with Gasteiger partial charge in [-0.25, -0.2) is 4.79 Å². The number of fused-ring (bicyclic) bond motifs is 3. The second-order valence-corrected chi connectivity index (χ2v) is 8.30. The van der Waals surface area contributed by atoms with Crippen LogP contribution in [-0.4, -0.2) is 41.8 Å². The summed E-state index contributed by atoms with van der Waals surface area (Å²) in [6, 6.07) is 21.3. The highest BCUT2D eigenvalue weighted by molar-refractivity contribution is 5.79. The molecule has 1 aliphatic carbocycles. The van der Waals surface area contributed by atoms with Gasteiger partial charge in [0.2, 0.25) is 0 Å². The molecule has 1 aliphatic rings. The lowest BCUT2D eigenvalue weighted by atomic mass is 9.96. The monoisotopic (exact) mass is 445 g/mol. The summed E-state index contributed by atoms with van der Waals surface area (Å²) in [6.07, 6.45) is -2.18. The summed E-state index contributed by atoms with van der Waals surface area (Å²) in [6.45, 7) is 2.17. The smallest absolute Gasteiger partial charge is 0.407 e. The Morgan fingerprint density at radius 2 is 1.67 bits per heavy atom. The molecule has 6 heteroatoms. The Morgan fingerprint density at radius 3 is 2.30 bits per heavy atom. The molecule has 2 unspecified atom stereocenters. The van der Waals surface area contributed by atoms with E-state index in [-0.39, 0.29) is 25.5 Å². The van der Waals surface area contributed by atoms with Crippen LogP contribution < -0.4 is 5.32 Å².